The van der Waals surface area contributed by atoms with Crippen LogP contribution in [0.1, 0.15) is 32.8 Å². The summed E-state index contributed by atoms with van der Waals surface area (Å²) in [6, 6.07) is 7.72. The second-order valence-corrected chi connectivity index (χ2v) is 10.0. The van der Waals surface area contributed by atoms with Crippen LogP contribution in [0.25, 0.3) is 11.0 Å². The van der Waals surface area contributed by atoms with Crippen molar-refractivity contribution < 1.29 is 9.18 Å². The third-order valence-electron chi connectivity index (χ3n) is 6.73. The summed E-state index contributed by atoms with van der Waals surface area (Å²) in [5.41, 5.74) is 3.84. The third kappa shape index (κ3) is 6.44. The van der Waals surface area contributed by atoms with E-state index in [1.54, 1.807) is 36.6 Å². The van der Waals surface area contributed by atoms with Crippen molar-refractivity contribution >= 4 is 40.1 Å². The highest BCUT2D eigenvalue weighted by atomic mass is 19.1. The molecule has 0 aliphatic carbocycles. The first-order valence-corrected chi connectivity index (χ1v) is 12.6. The second kappa shape index (κ2) is 11.4. The van der Waals surface area contributed by atoms with Gasteiger partial charge < -0.3 is 15.5 Å². The molecule has 0 unspecified atom stereocenters. The molecule has 200 valence electrons. The number of aryl methyl sites for hydroxylation is 1. The summed E-state index contributed by atoms with van der Waals surface area (Å²) >= 11 is 0. The average molecular weight is 527 g/mol. The van der Waals surface area contributed by atoms with Crippen LogP contribution in [0.4, 0.5) is 27.5 Å². The summed E-state index contributed by atoms with van der Waals surface area (Å²) < 4.78 is 13.7. The third-order valence-corrected chi connectivity index (χ3v) is 6.73. The number of allylic oxidation sites excluding steroid dienone is 3. The van der Waals surface area contributed by atoms with Crippen molar-refractivity contribution in [3.8, 4) is 6.07 Å². The van der Waals surface area contributed by atoms with Crippen molar-refractivity contribution in [1.82, 2.24) is 19.9 Å². The van der Waals surface area contributed by atoms with Gasteiger partial charge in [-0.3, -0.25) is 4.79 Å². The minimum atomic E-state index is -0.891. The lowest BCUT2D eigenvalue weighted by Gasteiger charge is -2.16. The van der Waals surface area contributed by atoms with Gasteiger partial charge in [-0.25, -0.2) is 24.3 Å². The smallest absolute Gasteiger partial charge is 0.255 e. The Morgan fingerprint density at radius 1 is 1.31 bits per heavy atom. The van der Waals surface area contributed by atoms with E-state index < -0.39 is 11.6 Å². The fraction of sp³-hybridized carbons (Fsp3) is 0.310. The monoisotopic (exact) mass is 526 g/mol. The van der Waals surface area contributed by atoms with Gasteiger partial charge in [0.2, 0.25) is 5.95 Å². The minimum absolute atomic E-state index is 0.261. The molecule has 10 heteroatoms. The Morgan fingerprint density at radius 2 is 2.10 bits per heavy atom. The van der Waals surface area contributed by atoms with E-state index in [2.05, 4.69) is 43.2 Å². The molecule has 4 rings (SSSR count). The second-order valence-electron chi connectivity index (χ2n) is 10.0. The highest BCUT2D eigenvalue weighted by molar-refractivity contribution is 6.05. The molecule has 1 aliphatic heterocycles. The summed E-state index contributed by atoms with van der Waals surface area (Å²) in [5.74, 6) is 0.556. The lowest BCUT2D eigenvalue weighted by atomic mass is 9.87. The number of halogens is 1. The van der Waals surface area contributed by atoms with E-state index in [1.165, 1.54) is 6.33 Å². The van der Waals surface area contributed by atoms with Crippen molar-refractivity contribution in [2.75, 3.05) is 28.6 Å². The first kappa shape index (κ1) is 27.4. The zero-order chi connectivity index (χ0) is 28.2. The van der Waals surface area contributed by atoms with Crippen LogP contribution in [0.3, 0.4) is 0 Å². The molecule has 1 atom stereocenters. The van der Waals surface area contributed by atoms with Crippen LogP contribution in [0.2, 0.25) is 0 Å². The molecule has 1 amide bonds. The van der Waals surface area contributed by atoms with Crippen LogP contribution in [0.5, 0.6) is 0 Å². The fourth-order valence-corrected chi connectivity index (χ4v) is 3.84. The molecule has 1 aliphatic rings. The number of hydrogen-bond acceptors (Lipinski definition) is 8. The van der Waals surface area contributed by atoms with Gasteiger partial charge in [0, 0.05) is 23.5 Å². The van der Waals surface area contributed by atoms with Crippen LogP contribution in [-0.4, -0.2) is 45.1 Å². The molecule has 2 aromatic heterocycles. The Balaban J connectivity index is 1.51. The summed E-state index contributed by atoms with van der Waals surface area (Å²) in [5, 5.41) is 15.4. The molecule has 0 spiro atoms. The SMILES string of the molecule is C=C(/C=C\C=C(/C)C(C)(C)C#N)C(=O)Nc1ccc(C)c(Nc2ncnc3cnc(N4CC[C@@H](F)C4)nc23)c1. The molecule has 39 heavy (non-hydrogen) atoms. The van der Waals surface area contributed by atoms with E-state index in [0.717, 1.165) is 16.8 Å². The number of fused-ring (bicyclic) bond motifs is 1. The summed E-state index contributed by atoms with van der Waals surface area (Å²) in [6.45, 7) is 12.1. The van der Waals surface area contributed by atoms with Gasteiger partial charge in [0.05, 0.1) is 24.2 Å². The lowest BCUT2D eigenvalue weighted by molar-refractivity contribution is -0.112. The van der Waals surface area contributed by atoms with E-state index >= 15 is 0 Å². The summed E-state index contributed by atoms with van der Waals surface area (Å²) in [6.07, 6.45) is 7.71. The molecule has 1 fully saturated rings. The zero-order valence-corrected chi connectivity index (χ0v) is 22.5. The quantitative estimate of drug-likeness (QED) is 0.289. The number of benzene rings is 1. The van der Waals surface area contributed by atoms with Crippen LogP contribution in [0.15, 0.2) is 66.7 Å². The number of carbonyl (C=O) groups is 1. The van der Waals surface area contributed by atoms with E-state index in [0.29, 0.717) is 41.5 Å². The van der Waals surface area contributed by atoms with E-state index in [4.69, 9.17) is 0 Å². The summed E-state index contributed by atoms with van der Waals surface area (Å²) in [7, 11) is 0. The predicted molar refractivity (Wildman–Crippen MR) is 151 cm³/mol. The van der Waals surface area contributed by atoms with Gasteiger partial charge in [-0.1, -0.05) is 36.4 Å². The van der Waals surface area contributed by atoms with Crippen molar-refractivity contribution in [2.45, 2.75) is 40.3 Å². The van der Waals surface area contributed by atoms with E-state index in [1.807, 2.05) is 38.7 Å². The molecular weight excluding hydrogens is 495 g/mol. The molecule has 1 aromatic carbocycles. The number of anilines is 4. The van der Waals surface area contributed by atoms with E-state index in [9.17, 15) is 14.4 Å². The van der Waals surface area contributed by atoms with Crippen LogP contribution in [-0.2, 0) is 4.79 Å². The molecule has 9 nitrogen and oxygen atoms in total. The van der Waals surface area contributed by atoms with Crippen LogP contribution < -0.4 is 15.5 Å². The van der Waals surface area contributed by atoms with Gasteiger partial charge in [-0.15, -0.1) is 0 Å². The summed E-state index contributed by atoms with van der Waals surface area (Å²) in [4.78, 5) is 32.1. The molecule has 0 radical (unpaired) electrons. The number of carbonyl (C=O) groups excluding carboxylic acids is 1. The Morgan fingerprint density at radius 3 is 2.82 bits per heavy atom. The van der Waals surface area contributed by atoms with Crippen molar-refractivity contribution in [1.29, 1.82) is 5.26 Å². The number of nitriles is 1. The largest absolute Gasteiger partial charge is 0.338 e. The Bertz CT molecular complexity index is 1520. The standard InChI is InChI=1S/C29H31FN8O/c1-18-9-10-22(35-27(39)19(2)7-6-8-20(3)29(4,5)16-31)13-23(18)36-26-25-24(33-17-34-26)14-32-28(37-25)38-12-11-21(30)15-38/h6-10,13-14,17,21H,2,11-12,15H2,1,3-5H3,(H,35,39)(H,33,34,36)/b7-6-,20-8+/t21-/m1/s1. The maximum atomic E-state index is 13.7. The first-order chi connectivity index (χ1) is 18.6. The van der Waals surface area contributed by atoms with Crippen LogP contribution in [0, 0.1) is 23.7 Å². The number of alkyl halides is 1. The number of nitrogens with one attached hydrogen (secondary N) is 2. The van der Waals surface area contributed by atoms with Gasteiger partial charge >= 0.3 is 0 Å². The Labute approximate surface area is 227 Å². The highest BCUT2D eigenvalue weighted by Crippen LogP contribution is 2.28. The van der Waals surface area contributed by atoms with Crippen LogP contribution >= 0.6 is 0 Å². The maximum absolute atomic E-state index is 13.7. The van der Waals surface area contributed by atoms with E-state index in [-0.39, 0.29) is 18.0 Å². The number of nitrogens with zero attached hydrogens (tertiary/aromatic N) is 6. The zero-order valence-electron chi connectivity index (χ0n) is 22.5. The number of rotatable bonds is 8. The molecule has 3 aromatic rings. The number of aromatic nitrogens is 4. The molecule has 0 bridgehead atoms. The Kier molecular flexibility index (Phi) is 8.00. The predicted octanol–water partition coefficient (Wildman–Crippen LogP) is 5.57. The molecule has 3 heterocycles. The fourth-order valence-electron chi connectivity index (χ4n) is 3.84. The minimum Gasteiger partial charge on any atom is -0.338 e. The first-order valence-electron chi connectivity index (χ1n) is 12.6. The van der Waals surface area contributed by atoms with Gasteiger partial charge in [0.25, 0.3) is 5.91 Å². The Hall–Kier alpha value is -4.65. The molecule has 0 saturated carbocycles. The number of amides is 1. The van der Waals surface area contributed by atoms with Gasteiger partial charge in [0.15, 0.2) is 5.82 Å². The normalized spacial score (nSPS) is 15.9. The lowest BCUT2D eigenvalue weighted by Crippen LogP contribution is -2.22. The van der Waals surface area contributed by atoms with Gasteiger partial charge in [0.1, 0.15) is 23.5 Å². The highest BCUT2D eigenvalue weighted by Gasteiger charge is 2.24. The average Bonchev–Trinajstić information content (AvgIpc) is 3.36. The molecule has 2 N–H and O–H groups in total. The topological polar surface area (TPSA) is 120 Å². The maximum Gasteiger partial charge on any atom is 0.255 e. The van der Waals surface area contributed by atoms with Crippen molar-refractivity contribution in [3.63, 3.8) is 0 Å². The molecule has 1 saturated heterocycles. The van der Waals surface area contributed by atoms with Gasteiger partial charge in [-0.05, 0) is 51.8 Å². The van der Waals surface area contributed by atoms with Crippen molar-refractivity contribution in [2.24, 2.45) is 5.41 Å². The van der Waals surface area contributed by atoms with Gasteiger partial charge in [-0.2, -0.15) is 5.26 Å². The van der Waals surface area contributed by atoms with Crippen molar-refractivity contribution in [3.05, 3.63) is 72.2 Å². The molecular formula is C29H31FN8O. The number of hydrogen-bond donors (Lipinski definition) is 2.